The Labute approximate surface area is 155 Å². The minimum absolute atomic E-state index is 0. The van der Waals surface area contributed by atoms with Crippen LogP contribution >= 0.6 is 12.4 Å². The van der Waals surface area contributed by atoms with E-state index in [0.717, 1.165) is 24.6 Å². The number of carbonyl (C=O) groups is 1. The van der Waals surface area contributed by atoms with E-state index in [9.17, 15) is 4.79 Å². The Hall–Kier alpha value is -1.92. The van der Waals surface area contributed by atoms with Crippen LogP contribution in [0.2, 0.25) is 0 Å². The predicted octanol–water partition coefficient (Wildman–Crippen LogP) is 2.55. The Morgan fingerprint density at radius 2 is 2.04 bits per heavy atom. The van der Waals surface area contributed by atoms with Gasteiger partial charge in [0, 0.05) is 25.7 Å². The predicted molar refractivity (Wildman–Crippen MR) is 101 cm³/mol. The number of hydrogen-bond acceptors (Lipinski definition) is 4. The summed E-state index contributed by atoms with van der Waals surface area (Å²) in [4.78, 5) is 19.1. The molecule has 2 heterocycles. The Kier molecular flexibility index (Phi) is 6.19. The van der Waals surface area contributed by atoms with Crippen molar-refractivity contribution in [1.29, 1.82) is 0 Å². The molecule has 1 fully saturated rings. The van der Waals surface area contributed by atoms with Gasteiger partial charge in [-0.3, -0.25) is 4.79 Å². The molecule has 136 valence electrons. The number of nitrogens with zero attached hydrogens (tertiary/aromatic N) is 4. The van der Waals surface area contributed by atoms with Crippen LogP contribution in [0.4, 0.5) is 0 Å². The number of hydrogen-bond donors (Lipinski definition) is 1. The molecule has 0 saturated carbocycles. The van der Waals surface area contributed by atoms with Crippen molar-refractivity contribution < 1.29 is 4.79 Å². The molecule has 0 radical (unpaired) electrons. The molecule has 3 rings (SSSR count). The maximum absolute atomic E-state index is 12.8. The molecule has 6 nitrogen and oxygen atoms in total. The van der Waals surface area contributed by atoms with E-state index < -0.39 is 0 Å². The van der Waals surface area contributed by atoms with Crippen molar-refractivity contribution >= 4 is 18.3 Å². The lowest BCUT2D eigenvalue weighted by molar-refractivity contribution is 0.0643. The van der Waals surface area contributed by atoms with Gasteiger partial charge in [0.2, 0.25) is 5.82 Å². The van der Waals surface area contributed by atoms with Crippen LogP contribution in [0.5, 0.6) is 0 Å². The Bertz CT molecular complexity index is 743. The van der Waals surface area contributed by atoms with Gasteiger partial charge in [0.1, 0.15) is 5.82 Å². The van der Waals surface area contributed by atoms with Crippen molar-refractivity contribution in [3.05, 3.63) is 41.5 Å². The zero-order valence-electron chi connectivity index (χ0n) is 15.2. The number of aromatic nitrogens is 3. The highest BCUT2D eigenvalue weighted by atomic mass is 35.5. The van der Waals surface area contributed by atoms with Gasteiger partial charge in [0.05, 0.1) is 5.69 Å². The third kappa shape index (κ3) is 3.85. The maximum Gasteiger partial charge on any atom is 0.293 e. The molecular formula is C18H26ClN5O. The monoisotopic (exact) mass is 363 g/mol. The van der Waals surface area contributed by atoms with Crippen LogP contribution in [0.15, 0.2) is 24.3 Å². The lowest BCUT2D eigenvalue weighted by Crippen LogP contribution is -2.52. The summed E-state index contributed by atoms with van der Waals surface area (Å²) >= 11 is 0. The number of halogens is 1. The molecule has 0 unspecified atom stereocenters. The lowest BCUT2D eigenvalue weighted by Gasteiger charge is -2.33. The SMILES string of the molecule is Cc1nc(C(=O)N2CCNC[C@H]2C)nn1-c1ccccc1C(C)C.Cl. The van der Waals surface area contributed by atoms with Gasteiger partial charge in [-0.05, 0) is 31.4 Å². The zero-order valence-corrected chi connectivity index (χ0v) is 16.0. The van der Waals surface area contributed by atoms with Gasteiger partial charge in [0.15, 0.2) is 0 Å². The van der Waals surface area contributed by atoms with Crippen LogP contribution in [0.1, 0.15) is 48.7 Å². The van der Waals surface area contributed by atoms with Crippen LogP contribution in [-0.4, -0.2) is 51.2 Å². The number of rotatable bonds is 3. The van der Waals surface area contributed by atoms with E-state index in [2.05, 4.69) is 35.3 Å². The van der Waals surface area contributed by atoms with E-state index in [0.29, 0.717) is 12.5 Å². The molecule has 25 heavy (non-hydrogen) atoms. The standard InChI is InChI=1S/C18H25N5O.ClH/c1-12(2)15-7-5-6-8-16(15)23-14(4)20-17(21-23)18(24)22-10-9-19-11-13(22)3;/h5-8,12-13,19H,9-11H2,1-4H3;1H/t13-;/m1./s1. The van der Waals surface area contributed by atoms with Crippen molar-refractivity contribution in [3.63, 3.8) is 0 Å². The van der Waals surface area contributed by atoms with Gasteiger partial charge >= 0.3 is 0 Å². The Morgan fingerprint density at radius 1 is 1.32 bits per heavy atom. The van der Waals surface area contributed by atoms with Crippen molar-refractivity contribution in [2.24, 2.45) is 0 Å². The summed E-state index contributed by atoms with van der Waals surface area (Å²) < 4.78 is 1.79. The van der Waals surface area contributed by atoms with Gasteiger partial charge in [-0.1, -0.05) is 32.0 Å². The molecule has 1 aromatic carbocycles. The van der Waals surface area contributed by atoms with Crippen molar-refractivity contribution in [2.45, 2.75) is 39.7 Å². The minimum atomic E-state index is -0.0899. The number of para-hydroxylation sites is 1. The van der Waals surface area contributed by atoms with Crippen LogP contribution in [0.3, 0.4) is 0 Å². The summed E-state index contributed by atoms with van der Waals surface area (Å²) in [7, 11) is 0. The molecule has 1 aliphatic rings. The summed E-state index contributed by atoms with van der Waals surface area (Å²) in [5.41, 5.74) is 2.19. The first-order valence-electron chi connectivity index (χ1n) is 8.53. The minimum Gasteiger partial charge on any atom is -0.331 e. The highest BCUT2D eigenvalue weighted by molar-refractivity contribution is 5.90. The second kappa shape index (κ2) is 7.97. The second-order valence-corrected chi connectivity index (χ2v) is 6.66. The molecule has 0 aliphatic carbocycles. The molecule has 7 heteroatoms. The first kappa shape index (κ1) is 19.4. The van der Waals surface area contributed by atoms with Gasteiger partial charge in [0.25, 0.3) is 5.91 Å². The summed E-state index contributed by atoms with van der Waals surface area (Å²) in [6.07, 6.45) is 0. The van der Waals surface area contributed by atoms with Crippen LogP contribution in [-0.2, 0) is 0 Å². The third-order valence-corrected chi connectivity index (χ3v) is 4.51. The molecule has 1 amide bonds. The third-order valence-electron chi connectivity index (χ3n) is 4.51. The van der Waals surface area contributed by atoms with E-state index >= 15 is 0 Å². The van der Waals surface area contributed by atoms with Crippen molar-refractivity contribution in [2.75, 3.05) is 19.6 Å². The molecule has 1 N–H and O–H groups in total. The summed E-state index contributed by atoms with van der Waals surface area (Å²) in [5, 5.41) is 7.82. The number of nitrogens with one attached hydrogen (secondary N) is 1. The lowest BCUT2D eigenvalue weighted by atomic mass is 10.0. The number of aryl methyl sites for hydroxylation is 1. The Morgan fingerprint density at radius 3 is 2.72 bits per heavy atom. The fourth-order valence-electron chi connectivity index (χ4n) is 3.15. The maximum atomic E-state index is 12.8. The van der Waals surface area contributed by atoms with Gasteiger partial charge < -0.3 is 10.2 Å². The molecule has 1 aromatic heterocycles. The van der Waals surface area contributed by atoms with Crippen LogP contribution in [0.25, 0.3) is 5.69 Å². The first-order valence-corrected chi connectivity index (χ1v) is 8.53. The highest BCUT2D eigenvalue weighted by Crippen LogP contribution is 2.23. The average molecular weight is 364 g/mol. The van der Waals surface area contributed by atoms with Gasteiger partial charge in [-0.25, -0.2) is 9.67 Å². The molecule has 0 bridgehead atoms. The largest absolute Gasteiger partial charge is 0.331 e. The normalized spacial score (nSPS) is 17.5. The average Bonchev–Trinajstić information content (AvgIpc) is 2.96. The molecule has 2 aromatic rings. The molecule has 0 spiro atoms. The molecule has 1 atom stereocenters. The molecule has 1 saturated heterocycles. The smallest absolute Gasteiger partial charge is 0.293 e. The van der Waals surface area contributed by atoms with E-state index in [1.807, 2.05) is 36.9 Å². The fraction of sp³-hybridized carbons (Fsp3) is 0.500. The molecular weight excluding hydrogens is 338 g/mol. The van der Waals surface area contributed by atoms with Gasteiger partial charge in [-0.2, -0.15) is 0 Å². The van der Waals surface area contributed by atoms with Crippen LogP contribution < -0.4 is 5.32 Å². The summed E-state index contributed by atoms with van der Waals surface area (Å²) in [6.45, 7) is 10.5. The first-order chi connectivity index (χ1) is 11.5. The second-order valence-electron chi connectivity index (χ2n) is 6.66. The number of carbonyl (C=O) groups excluding carboxylic acids is 1. The fourth-order valence-corrected chi connectivity index (χ4v) is 3.15. The topological polar surface area (TPSA) is 63.1 Å². The van der Waals surface area contributed by atoms with Gasteiger partial charge in [-0.15, -0.1) is 17.5 Å². The quantitative estimate of drug-likeness (QED) is 0.910. The van der Waals surface area contributed by atoms with E-state index in [-0.39, 0.29) is 30.2 Å². The molecule has 1 aliphatic heterocycles. The van der Waals surface area contributed by atoms with Crippen molar-refractivity contribution in [3.8, 4) is 5.69 Å². The zero-order chi connectivity index (χ0) is 17.3. The number of piperazine rings is 1. The summed E-state index contributed by atoms with van der Waals surface area (Å²) in [6, 6.07) is 8.29. The Balaban J connectivity index is 0.00000225. The summed E-state index contributed by atoms with van der Waals surface area (Å²) in [5.74, 6) is 1.29. The van der Waals surface area contributed by atoms with Crippen molar-refractivity contribution in [1.82, 2.24) is 25.0 Å². The van der Waals surface area contributed by atoms with E-state index in [1.54, 1.807) is 4.68 Å². The number of amides is 1. The van der Waals surface area contributed by atoms with E-state index in [1.165, 1.54) is 5.56 Å². The van der Waals surface area contributed by atoms with E-state index in [4.69, 9.17) is 0 Å². The highest BCUT2D eigenvalue weighted by Gasteiger charge is 2.27. The number of benzene rings is 1. The van der Waals surface area contributed by atoms with Crippen LogP contribution in [0, 0.1) is 6.92 Å².